The summed E-state index contributed by atoms with van der Waals surface area (Å²) in [4.78, 5) is 59.6. The van der Waals surface area contributed by atoms with Crippen LogP contribution in [0.1, 0.15) is 22.3 Å². The topological polar surface area (TPSA) is 110 Å². The van der Waals surface area contributed by atoms with Crippen LogP contribution in [-0.2, 0) is 44.9 Å². The van der Waals surface area contributed by atoms with E-state index in [1.165, 1.54) is 21.7 Å². The fourth-order valence-electron chi connectivity index (χ4n) is 6.02. The quantitative estimate of drug-likeness (QED) is 0.187. The molecule has 0 saturated carbocycles. The molecule has 0 spiro atoms. The van der Waals surface area contributed by atoms with Crippen molar-refractivity contribution in [2.45, 2.75) is 49.9 Å². The van der Waals surface area contributed by atoms with Crippen LogP contribution in [0.3, 0.4) is 0 Å². The highest BCUT2D eigenvalue weighted by Gasteiger charge is 2.39. The van der Waals surface area contributed by atoms with E-state index in [4.69, 9.17) is 0 Å². The van der Waals surface area contributed by atoms with E-state index in [0.717, 1.165) is 22.3 Å². The van der Waals surface area contributed by atoms with Crippen LogP contribution in [-0.4, -0.2) is 95.9 Å². The number of likely N-dealkylation sites (N-methyl/N-ethyl adjacent to an activating group) is 4. The number of nitrogens with zero attached hydrogens (tertiary/aromatic N) is 3. The highest BCUT2D eigenvalue weighted by atomic mass is 16.4. The van der Waals surface area contributed by atoms with E-state index in [9.17, 15) is 24.3 Å². The molecule has 4 aromatic rings. The molecule has 256 valence electrons. The third-order valence-electron chi connectivity index (χ3n) is 9.05. The van der Waals surface area contributed by atoms with Crippen LogP contribution in [0.25, 0.3) is 0 Å². The van der Waals surface area contributed by atoms with Crippen molar-refractivity contribution in [2.75, 3.05) is 28.2 Å². The van der Waals surface area contributed by atoms with E-state index in [1.807, 2.05) is 121 Å². The fourth-order valence-corrected chi connectivity index (χ4v) is 6.02. The zero-order valence-corrected chi connectivity index (χ0v) is 28.6. The van der Waals surface area contributed by atoms with Gasteiger partial charge in [0.1, 0.15) is 18.1 Å². The lowest BCUT2D eigenvalue weighted by atomic mass is 9.98. The number of carboxylic acids is 1. The maximum Gasteiger partial charge on any atom is 0.326 e. The lowest BCUT2D eigenvalue weighted by molar-refractivity contribution is -0.155. The lowest BCUT2D eigenvalue weighted by Crippen LogP contribution is -2.59. The third-order valence-corrected chi connectivity index (χ3v) is 9.05. The first-order chi connectivity index (χ1) is 23.6. The normalized spacial score (nSPS) is 13.4. The molecule has 0 radical (unpaired) electrons. The van der Waals surface area contributed by atoms with Crippen molar-refractivity contribution in [1.29, 1.82) is 0 Å². The van der Waals surface area contributed by atoms with E-state index in [2.05, 4.69) is 5.32 Å². The molecule has 3 amide bonds. The summed E-state index contributed by atoms with van der Waals surface area (Å²) in [5.74, 6) is -2.33. The van der Waals surface area contributed by atoms with Gasteiger partial charge in [0.25, 0.3) is 0 Å². The Labute approximate surface area is 289 Å². The molecule has 9 heteroatoms. The number of amides is 3. The van der Waals surface area contributed by atoms with Gasteiger partial charge in [-0.05, 0) is 35.7 Å². The fraction of sp³-hybridized carbons (Fsp3) is 0.300. The largest absolute Gasteiger partial charge is 0.480 e. The monoisotopic (exact) mass is 662 g/mol. The first-order valence-corrected chi connectivity index (χ1v) is 16.5. The van der Waals surface area contributed by atoms with Gasteiger partial charge in [-0.15, -0.1) is 0 Å². The molecule has 2 N–H and O–H groups in total. The molecule has 0 aliphatic heterocycles. The van der Waals surface area contributed by atoms with Crippen LogP contribution in [0.5, 0.6) is 0 Å². The van der Waals surface area contributed by atoms with Gasteiger partial charge < -0.3 is 25.1 Å². The number of aliphatic carboxylic acids is 1. The van der Waals surface area contributed by atoms with E-state index in [1.54, 1.807) is 21.1 Å². The Balaban J connectivity index is 1.67. The first-order valence-electron chi connectivity index (χ1n) is 16.5. The summed E-state index contributed by atoms with van der Waals surface area (Å²) in [6.45, 7) is 0. The number of carboxylic acid groups (broad SMARTS) is 1. The van der Waals surface area contributed by atoms with Crippen molar-refractivity contribution in [3.63, 3.8) is 0 Å². The summed E-state index contributed by atoms with van der Waals surface area (Å²) in [6.07, 6.45) is 0.921. The van der Waals surface area contributed by atoms with Gasteiger partial charge in [0, 0.05) is 40.4 Å². The van der Waals surface area contributed by atoms with Crippen molar-refractivity contribution in [3.05, 3.63) is 144 Å². The molecule has 49 heavy (non-hydrogen) atoms. The van der Waals surface area contributed by atoms with Crippen molar-refractivity contribution in [3.8, 4) is 0 Å². The van der Waals surface area contributed by atoms with Crippen LogP contribution >= 0.6 is 0 Å². The number of nitrogens with one attached hydrogen (secondary N) is 1. The predicted molar refractivity (Wildman–Crippen MR) is 191 cm³/mol. The highest BCUT2D eigenvalue weighted by molar-refractivity contribution is 5.94. The Morgan fingerprint density at radius 1 is 0.490 bits per heavy atom. The van der Waals surface area contributed by atoms with Gasteiger partial charge in [-0.3, -0.25) is 14.4 Å². The van der Waals surface area contributed by atoms with Crippen LogP contribution in [0.4, 0.5) is 0 Å². The Morgan fingerprint density at radius 3 is 1.10 bits per heavy atom. The average molecular weight is 663 g/mol. The molecule has 0 fully saturated rings. The maximum absolute atomic E-state index is 14.6. The molecule has 0 heterocycles. The Kier molecular flexibility index (Phi) is 13.2. The molecular weight excluding hydrogens is 616 g/mol. The second-order valence-electron chi connectivity index (χ2n) is 12.3. The van der Waals surface area contributed by atoms with Gasteiger partial charge in [-0.1, -0.05) is 121 Å². The minimum Gasteiger partial charge on any atom is -0.480 e. The van der Waals surface area contributed by atoms with Crippen molar-refractivity contribution in [2.24, 2.45) is 0 Å². The second-order valence-corrected chi connectivity index (χ2v) is 12.3. The van der Waals surface area contributed by atoms with E-state index in [0.29, 0.717) is 6.42 Å². The summed E-state index contributed by atoms with van der Waals surface area (Å²) in [7, 11) is 6.37. The van der Waals surface area contributed by atoms with Crippen molar-refractivity contribution in [1.82, 2.24) is 20.0 Å². The molecule has 0 aliphatic carbocycles. The standard InChI is InChI=1S/C40H46N4O5/c1-41-33(25-29-17-9-5-10-18-29)37(45)42(2)34(26-30-19-11-6-12-20-30)38(46)43(3)35(27-31-21-13-7-14-22-31)39(47)44(4)36(40(48)49)28-32-23-15-8-16-24-32/h5-24,33-36,41H,25-28H2,1-4H3,(H,48,49)/t33-,34-,35-,36-/m0/s1. The van der Waals surface area contributed by atoms with Crippen LogP contribution in [0.2, 0.25) is 0 Å². The third kappa shape index (κ3) is 9.87. The van der Waals surface area contributed by atoms with Crippen LogP contribution in [0, 0.1) is 0 Å². The molecule has 4 rings (SSSR count). The lowest BCUT2D eigenvalue weighted by Gasteiger charge is -2.38. The van der Waals surface area contributed by atoms with E-state index >= 15 is 0 Å². The SMILES string of the molecule is CN[C@@H](Cc1ccccc1)C(=O)N(C)[C@@H](Cc1ccccc1)C(=O)N(C)[C@@H](Cc1ccccc1)C(=O)N(C)[C@@H](Cc1ccccc1)C(=O)O. The molecule has 0 aliphatic rings. The van der Waals surface area contributed by atoms with Gasteiger partial charge in [0.2, 0.25) is 17.7 Å². The molecule has 0 aromatic heterocycles. The molecular formula is C40H46N4O5. The summed E-state index contributed by atoms with van der Waals surface area (Å²) in [5.41, 5.74) is 3.42. The molecule has 0 saturated heterocycles. The minimum atomic E-state index is -1.16. The zero-order valence-electron chi connectivity index (χ0n) is 28.6. The second kappa shape index (κ2) is 17.8. The predicted octanol–water partition coefficient (Wildman–Crippen LogP) is 4.11. The van der Waals surface area contributed by atoms with E-state index in [-0.39, 0.29) is 25.2 Å². The summed E-state index contributed by atoms with van der Waals surface area (Å²) in [6, 6.07) is 33.8. The number of carbonyl (C=O) groups is 4. The van der Waals surface area contributed by atoms with Gasteiger partial charge in [0.05, 0.1) is 6.04 Å². The number of hydrogen-bond donors (Lipinski definition) is 2. The number of hydrogen-bond acceptors (Lipinski definition) is 5. The van der Waals surface area contributed by atoms with Crippen LogP contribution < -0.4 is 5.32 Å². The number of carbonyl (C=O) groups excluding carboxylic acids is 3. The first kappa shape index (κ1) is 36.6. The Hall–Kier alpha value is -5.28. The average Bonchev–Trinajstić information content (AvgIpc) is 3.14. The molecule has 4 atom stereocenters. The zero-order chi connectivity index (χ0) is 35.3. The molecule has 0 unspecified atom stereocenters. The van der Waals surface area contributed by atoms with E-state index < -0.39 is 42.0 Å². The maximum atomic E-state index is 14.6. The molecule has 4 aromatic carbocycles. The number of benzene rings is 4. The Bertz CT molecular complexity index is 1650. The van der Waals surface area contributed by atoms with Gasteiger partial charge in [0.15, 0.2) is 0 Å². The molecule has 0 bridgehead atoms. The summed E-state index contributed by atoms with van der Waals surface area (Å²) in [5, 5.41) is 13.3. The van der Waals surface area contributed by atoms with Crippen molar-refractivity contribution >= 4 is 23.7 Å². The number of rotatable bonds is 16. The summed E-state index contributed by atoms with van der Waals surface area (Å²) < 4.78 is 0. The van der Waals surface area contributed by atoms with Crippen LogP contribution in [0.15, 0.2) is 121 Å². The van der Waals surface area contributed by atoms with Gasteiger partial charge >= 0.3 is 5.97 Å². The van der Waals surface area contributed by atoms with Gasteiger partial charge in [-0.25, -0.2) is 4.79 Å². The Morgan fingerprint density at radius 2 is 0.776 bits per heavy atom. The molecule has 9 nitrogen and oxygen atoms in total. The summed E-state index contributed by atoms with van der Waals surface area (Å²) >= 11 is 0. The van der Waals surface area contributed by atoms with Crippen molar-refractivity contribution < 1.29 is 24.3 Å². The minimum absolute atomic E-state index is 0.106. The van der Waals surface area contributed by atoms with Gasteiger partial charge in [-0.2, -0.15) is 0 Å². The highest BCUT2D eigenvalue weighted by Crippen LogP contribution is 2.19. The smallest absolute Gasteiger partial charge is 0.326 e.